The second-order valence-electron chi connectivity index (χ2n) is 6.40. The van der Waals surface area contributed by atoms with Crippen molar-refractivity contribution in [2.75, 3.05) is 0 Å². The van der Waals surface area contributed by atoms with Gasteiger partial charge in [0.05, 0.1) is 6.20 Å². The van der Waals surface area contributed by atoms with Crippen molar-refractivity contribution in [3.63, 3.8) is 0 Å². The minimum Gasteiger partial charge on any atom is -0.310 e. The van der Waals surface area contributed by atoms with Gasteiger partial charge in [-0.1, -0.05) is 26.7 Å². The summed E-state index contributed by atoms with van der Waals surface area (Å²) in [5.41, 5.74) is 1.70. The lowest BCUT2D eigenvalue weighted by Crippen LogP contribution is -2.34. The number of hydrogen-bond donors (Lipinski definition) is 0. The van der Waals surface area contributed by atoms with E-state index >= 15 is 0 Å². The summed E-state index contributed by atoms with van der Waals surface area (Å²) in [6.07, 6.45) is 7.03. The summed E-state index contributed by atoms with van der Waals surface area (Å²) in [4.78, 5) is 12.9. The van der Waals surface area contributed by atoms with E-state index in [0.717, 1.165) is 6.42 Å². The highest BCUT2D eigenvalue weighted by atomic mass is 16.1. The van der Waals surface area contributed by atoms with Crippen LogP contribution in [0.5, 0.6) is 0 Å². The van der Waals surface area contributed by atoms with E-state index in [2.05, 4.69) is 29.1 Å². The van der Waals surface area contributed by atoms with E-state index in [1.807, 2.05) is 16.8 Å². The third-order valence-corrected chi connectivity index (χ3v) is 5.20. The van der Waals surface area contributed by atoms with Crippen molar-refractivity contribution < 1.29 is 0 Å². The Kier molecular flexibility index (Phi) is 2.99. The fraction of sp³-hybridized carbons (Fsp3) is 0.500. The number of hydrogen-bond acceptors (Lipinski definition) is 4. The Labute approximate surface area is 127 Å². The molecule has 0 saturated heterocycles. The molecule has 1 saturated carbocycles. The monoisotopic (exact) mass is 297 g/mol. The first-order chi connectivity index (χ1) is 10.7. The summed E-state index contributed by atoms with van der Waals surface area (Å²) in [7, 11) is 0. The van der Waals surface area contributed by atoms with Crippen molar-refractivity contribution >= 4 is 16.7 Å². The highest BCUT2D eigenvalue weighted by molar-refractivity contribution is 5.74. The van der Waals surface area contributed by atoms with Crippen molar-refractivity contribution in [3.8, 4) is 0 Å². The van der Waals surface area contributed by atoms with Gasteiger partial charge in [-0.25, -0.2) is 4.52 Å². The van der Waals surface area contributed by atoms with Gasteiger partial charge in [-0.05, 0) is 24.3 Å². The molecule has 0 unspecified atom stereocenters. The molecule has 0 N–H and O–H groups in total. The lowest BCUT2D eigenvalue weighted by atomic mass is 9.78. The van der Waals surface area contributed by atoms with Gasteiger partial charge >= 0.3 is 0 Å². The molecule has 114 valence electrons. The van der Waals surface area contributed by atoms with E-state index in [0.29, 0.717) is 28.5 Å². The number of nitrogens with zero attached hydrogens (tertiary/aromatic N) is 5. The van der Waals surface area contributed by atoms with Crippen LogP contribution in [-0.4, -0.2) is 24.4 Å². The van der Waals surface area contributed by atoms with Gasteiger partial charge in [-0.3, -0.25) is 4.79 Å². The average molecular weight is 297 g/mol. The molecular weight excluding hydrogens is 278 g/mol. The Balaban J connectivity index is 1.91. The summed E-state index contributed by atoms with van der Waals surface area (Å²) in [5, 5.41) is 12.4. The van der Waals surface area contributed by atoms with Gasteiger partial charge in [-0.2, -0.15) is 5.10 Å². The molecule has 3 aromatic rings. The van der Waals surface area contributed by atoms with Crippen LogP contribution in [0, 0.1) is 11.8 Å². The van der Waals surface area contributed by atoms with Gasteiger partial charge in [0.2, 0.25) is 0 Å². The molecule has 0 bridgehead atoms. The second-order valence-corrected chi connectivity index (χ2v) is 6.40. The SMILES string of the molecule is C[C@H]1[C@H](C)CCC[C@@H]1n1ccc2c(nnc3ccnn32)c1=O. The molecular formula is C16H19N5O. The van der Waals surface area contributed by atoms with Gasteiger partial charge in [0, 0.05) is 18.3 Å². The lowest BCUT2D eigenvalue weighted by molar-refractivity contribution is 0.183. The number of pyridine rings is 1. The van der Waals surface area contributed by atoms with E-state index < -0.39 is 0 Å². The van der Waals surface area contributed by atoms with Gasteiger partial charge in [0.25, 0.3) is 5.56 Å². The first kappa shape index (κ1) is 13.4. The van der Waals surface area contributed by atoms with Crippen LogP contribution in [0.3, 0.4) is 0 Å². The molecule has 1 aliphatic rings. The maximum atomic E-state index is 12.9. The maximum Gasteiger partial charge on any atom is 0.280 e. The molecule has 1 aliphatic carbocycles. The van der Waals surface area contributed by atoms with Crippen molar-refractivity contribution in [1.29, 1.82) is 0 Å². The zero-order valence-electron chi connectivity index (χ0n) is 12.8. The van der Waals surface area contributed by atoms with Gasteiger partial charge in [0.1, 0.15) is 5.52 Å². The van der Waals surface area contributed by atoms with Crippen LogP contribution in [0.25, 0.3) is 16.7 Å². The third kappa shape index (κ3) is 1.86. The van der Waals surface area contributed by atoms with Crippen molar-refractivity contribution in [3.05, 3.63) is 34.9 Å². The highest BCUT2D eigenvalue weighted by Crippen LogP contribution is 2.36. The maximum absolute atomic E-state index is 12.9. The molecule has 0 amide bonds. The van der Waals surface area contributed by atoms with E-state index in [-0.39, 0.29) is 11.6 Å². The number of aromatic nitrogens is 5. The van der Waals surface area contributed by atoms with Crippen LogP contribution in [-0.2, 0) is 0 Å². The van der Waals surface area contributed by atoms with Crippen molar-refractivity contribution in [2.45, 2.75) is 39.2 Å². The number of rotatable bonds is 1. The summed E-state index contributed by atoms with van der Waals surface area (Å²) < 4.78 is 3.52. The van der Waals surface area contributed by atoms with Crippen molar-refractivity contribution in [2.24, 2.45) is 11.8 Å². The van der Waals surface area contributed by atoms with Crippen LogP contribution in [0.15, 0.2) is 29.3 Å². The zero-order chi connectivity index (χ0) is 15.3. The molecule has 1 fully saturated rings. The average Bonchev–Trinajstić information content (AvgIpc) is 3.00. The molecule has 3 atom stereocenters. The van der Waals surface area contributed by atoms with Crippen LogP contribution < -0.4 is 5.56 Å². The highest BCUT2D eigenvalue weighted by Gasteiger charge is 2.29. The molecule has 4 rings (SSSR count). The molecule has 22 heavy (non-hydrogen) atoms. The Morgan fingerprint density at radius 2 is 2.05 bits per heavy atom. The largest absolute Gasteiger partial charge is 0.310 e. The standard InChI is InChI=1S/C16H19N5O/c1-10-4-3-5-12(11(10)2)20-9-7-13-15(16(20)22)19-18-14-6-8-17-21(13)14/h6-12H,3-5H2,1-2H3/t10-,11+,12+/m1/s1. The Hall–Kier alpha value is -2.24. The van der Waals surface area contributed by atoms with Crippen LogP contribution in [0.4, 0.5) is 0 Å². The zero-order valence-corrected chi connectivity index (χ0v) is 12.8. The molecule has 0 aliphatic heterocycles. The smallest absolute Gasteiger partial charge is 0.280 e. The van der Waals surface area contributed by atoms with E-state index in [4.69, 9.17) is 0 Å². The summed E-state index contributed by atoms with van der Waals surface area (Å²) >= 11 is 0. The van der Waals surface area contributed by atoms with Gasteiger partial charge in [0.15, 0.2) is 11.2 Å². The fourth-order valence-corrected chi connectivity index (χ4v) is 3.66. The minimum absolute atomic E-state index is 0.0617. The molecule has 6 heteroatoms. The van der Waals surface area contributed by atoms with Crippen molar-refractivity contribution in [1.82, 2.24) is 24.4 Å². The van der Waals surface area contributed by atoms with Crippen LogP contribution in [0.1, 0.15) is 39.2 Å². The summed E-state index contributed by atoms with van der Waals surface area (Å²) in [6, 6.07) is 3.95. The molecule has 3 aromatic heterocycles. The summed E-state index contributed by atoms with van der Waals surface area (Å²) in [5.74, 6) is 1.13. The van der Waals surface area contributed by atoms with Gasteiger partial charge in [-0.15, -0.1) is 10.2 Å². The predicted molar refractivity (Wildman–Crippen MR) is 83.8 cm³/mol. The normalized spacial score (nSPS) is 25.8. The van der Waals surface area contributed by atoms with Crippen LogP contribution in [0.2, 0.25) is 0 Å². The van der Waals surface area contributed by atoms with E-state index in [9.17, 15) is 4.79 Å². The Bertz CT molecular complexity index is 896. The molecule has 0 aromatic carbocycles. The molecule has 3 heterocycles. The molecule has 0 spiro atoms. The minimum atomic E-state index is -0.0617. The Morgan fingerprint density at radius 3 is 2.91 bits per heavy atom. The fourth-order valence-electron chi connectivity index (χ4n) is 3.66. The van der Waals surface area contributed by atoms with Gasteiger partial charge < -0.3 is 4.57 Å². The van der Waals surface area contributed by atoms with Crippen LogP contribution >= 0.6 is 0 Å². The topological polar surface area (TPSA) is 65.1 Å². The Morgan fingerprint density at radius 1 is 1.18 bits per heavy atom. The second kappa shape index (κ2) is 4.90. The molecule has 0 radical (unpaired) electrons. The third-order valence-electron chi connectivity index (χ3n) is 5.20. The van der Waals surface area contributed by atoms with E-state index in [1.54, 1.807) is 16.8 Å². The quantitative estimate of drug-likeness (QED) is 0.692. The predicted octanol–water partition coefficient (Wildman–Crippen LogP) is 2.44. The lowest BCUT2D eigenvalue weighted by Gasteiger charge is -2.35. The number of fused-ring (bicyclic) bond motifs is 3. The first-order valence-electron chi connectivity index (χ1n) is 7.88. The molecule has 6 nitrogen and oxygen atoms in total. The summed E-state index contributed by atoms with van der Waals surface area (Å²) in [6.45, 7) is 4.52. The van der Waals surface area contributed by atoms with E-state index in [1.165, 1.54) is 12.8 Å². The first-order valence-corrected chi connectivity index (χ1v) is 7.88.